The fourth-order valence-corrected chi connectivity index (χ4v) is 6.47. The molecule has 0 radical (unpaired) electrons. The normalized spacial score (nSPS) is 20.0. The number of carbonyl (C=O) groups excluding carboxylic acids is 2. The molecule has 1 saturated carbocycles. The Balaban J connectivity index is 1.82. The van der Waals surface area contributed by atoms with Crippen molar-refractivity contribution >= 4 is 12.1 Å². The van der Waals surface area contributed by atoms with Crippen LogP contribution in [0, 0.1) is 11.8 Å². The monoisotopic (exact) mass is 601 g/mol. The van der Waals surface area contributed by atoms with Gasteiger partial charge in [-0.1, -0.05) is 145 Å². The minimum Gasteiger partial charge on any atom is -0.460 e. The number of hydrogen-bond acceptors (Lipinski definition) is 4. The number of esters is 1. The van der Waals surface area contributed by atoms with Crippen LogP contribution in [0.2, 0.25) is 0 Å². The van der Waals surface area contributed by atoms with Crippen molar-refractivity contribution in [1.82, 2.24) is 5.32 Å². The van der Waals surface area contributed by atoms with E-state index in [0.29, 0.717) is 5.92 Å². The van der Waals surface area contributed by atoms with Gasteiger partial charge in [-0.3, -0.25) is 0 Å². The molecule has 1 fully saturated rings. The number of unbranched alkanes of at least 4 members (excludes halogenated alkanes) is 6. The fourth-order valence-electron chi connectivity index (χ4n) is 6.47. The van der Waals surface area contributed by atoms with Gasteiger partial charge < -0.3 is 14.8 Å². The van der Waals surface area contributed by atoms with E-state index < -0.39 is 17.6 Å². The third kappa shape index (κ3) is 10.4. The van der Waals surface area contributed by atoms with Crippen LogP contribution in [0.3, 0.4) is 0 Å². The molecule has 2 aromatic carbocycles. The van der Waals surface area contributed by atoms with Gasteiger partial charge in [-0.05, 0) is 48.1 Å². The minimum absolute atomic E-state index is 0.112. The number of alkyl carbamates (subject to hydrolysis) is 1. The molecule has 0 bridgehead atoms. The second-order valence-corrected chi connectivity index (χ2v) is 13.2. The average Bonchev–Trinajstić information content (AvgIpc) is 3.02. The third-order valence-corrected chi connectivity index (χ3v) is 9.25. The predicted molar refractivity (Wildman–Crippen MR) is 180 cm³/mol. The molecule has 1 amide bonds. The number of ether oxygens (including phenoxy) is 2. The second kappa shape index (κ2) is 17.8. The molecule has 240 valence electrons. The van der Waals surface area contributed by atoms with Crippen molar-refractivity contribution in [2.75, 3.05) is 0 Å². The Hall–Kier alpha value is -3.34. The molecule has 3 rings (SSSR count). The van der Waals surface area contributed by atoms with Crippen molar-refractivity contribution in [2.45, 2.75) is 122 Å². The van der Waals surface area contributed by atoms with Gasteiger partial charge >= 0.3 is 12.1 Å². The van der Waals surface area contributed by atoms with Crippen LogP contribution in [0.15, 0.2) is 85.5 Å². The van der Waals surface area contributed by atoms with Crippen LogP contribution in [-0.2, 0) is 26.3 Å². The van der Waals surface area contributed by atoms with Crippen LogP contribution in [0.5, 0.6) is 0 Å². The van der Waals surface area contributed by atoms with E-state index >= 15 is 0 Å². The number of benzene rings is 2. The van der Waals surface area contributed by atoms with Gasteiger partial charge in [0.1, 0.15) is 12.7 Å². The molecule has 0 aliphatic heterocycles. The van der Waals surface area contributed by atoms with E-state index in [4.69, 9.17) is 9.47 Å². The lowest BCUT2D eigenvalue weighted by Gasteiger charge is -2.45. The van der Waals surface area contributed by atoms with Gasteiger partial charge in [0.2, 0.25) is 0 Å². The molecule has 1 aliphatic rings. The molecule has 1 N–H and O–H groups in total. The number of allylic oxidation sites excluding steroid dienone is 1. The first-order valence-electron chi connectivity index (χ1n) is 16.8. The van der Waals surface area contributed by atoms with Crippen LogP contribution in [-0.4, -0.2) is 23.7 Å². The standard InChI is InChI=1S/C39H55NO4/c1-6-8-9-10-11-12-13-20-28-39(27-7-2,40-37(42)43-30-32-21-16-14-17-22-32)36(41)44-35-29-31(3)25-26-34(35)38(4,5)33-23-18-15-19-24-33/h7,14-24,28,31,34-35H,2,6,8-13,25-27,29-30H2,1,3-5H3,(H,40,42)/b28-20+/t31-,34-,35-,39-/m1/s1. The van der Waals surface area contributed by atoms with Gasteiger partial charge in [-0.25, -0.2) is 9.59 Å². The first-order chi connectivity index (χ1) is 21.2. The molecule has 5 nitrogen and oxygen atoms in total. The Morgan fingerprint density at radius 2 is 1.61 bits per heavy atom. The van der Waals surface area contributed by atoms with Crippen LogP contribution >= 0.6 is 0 Å². The summed E-state index contributed by atoms with van der Waals surface area (Å²) < 4.78 is 12.1. The quantitative estimate of drug-likeness (QED) is 0.111. The summed E-state index contributed by atoms with van der Waals surface area (Å²) in [6.45, 7) is 13.0. The molecule has 1 aliphatic carbocycles. The van der Waals surface area contributed by atoms with Crippen LogP contribution in [0.25, 0.3) is 0 Å². The molecule has 5 heteroatoms. The highest BCUT2D eigenvalue weighted by Crippen LogP contribution is 2.44. The molecular weight excluding hydrogens is 546 g/mol. The zero-order valence-corrected chi connectivity index (χ0v) is 27.6. The summed E-state index contributed by atoms with van der Waals surface area (Å²) in [7, 11) is 0. The molecule has 4 atom stereocenters. The van der Waals surface area contributed by atoms with E-state index in [9.17, 15) is 9.59 Å². The smallest absolute Gasteiger partial charge is 0.408 e. The number of nitrogens with one attached hydrogen (secondary N) is 1. The second-order valence-electron chi connectivity index (χ2n) is 13.2. The molecule has 0 spiro atoms. The highest BCUT2D eigenvalue weighted by Gasteiger charge is 2.46. The maximum atomic E-state index is 14.3. The number of amides is 1. The lowest BCUT2D eigenvalue weighted by molar-refractivity contribution is -0.162. The van der Waals surface area contributed by atoms with Gasteiger partial charge in [0, 0.05) is 12.3 Å². The molecule has 0 aromatic heterocycles. The van der Waals surface area contributed by atoms with E-state index in [0.717, 1.165) is 44.1 Å². The van der Waals surface area contributed by atoms with Gasteiger partial charge in [0.15, 0.2) is 5.54 Å². The maximum Gasteiger partial charge on any atom is 0.408 e. The van der Waals surface area contributed by atoms with E-state index in [2.05, 4.69) is 63.9 Å². The Kier molecular flexibility index (Phi) is 14.2. The Morgan fingerprint density at radius 1 is 0.955 bits per heavy atom. The summed E-state index contributed by atoms with van der Waals surface area (Å²) >= 11 is 0. The molecule has 2 aromatic rings. The minimum atomic E-state index is -1.40. The average molecular weight is 602 g/mol. The molecule has 0 saturated heterocycles. The van der Waals surface area contributed by atoms with Crippen molar-refractivity contribution < 1.29 is 19.1 Å². The first-order valence-corrected chi connectivity index (χ1v) is 16.8. The Labute approximate surface area is 266 Å². The highest BCUT2D eigenvalue weighted by atomic mass is 16.6. The topological polar surface area (TPSA) is 64.6 Å². The summed E-state index contributed by atoms with van der Waals surface area (Å²) in [6, 6.07) is 20.0. The predicted octanol–water partition coefficient (Wildman–Crippen LogP) is 9.86. The van der Waals surface area contributed by atoms with Crippen molar-refractivity contribution in [3.05, 3.63) is 96.6 Å². The number of rotatable bonds is 17. The van der Waals surface area contributed by atoms with Crippen molar-refractivity contribution in [3.63, 3.8) is 0 Å². The highest BCUT2D eigenvalue weighted by molar-refractivity contribution is 5.88. The summed E-state index contributed by atoms with van der Waals surface area (Å²) in [4.78, 5) is 27.5. The van der Waals surface area contributed by atoms with Gasteiger partial charge in [-0.2, -0.15) is 0 Å². The Bertz CT molecular complexity index is 1180. The summed E-state index contributed by atoms with van der Waals surface area (Å²) in [5.74, 6) is 0.126. The van der Waals surface area contributed by atoms with E-state index in [-0.39, 0.29) is 30.5 Å². The zero-order chi connectivity index (χ0) is 31.8. The van der Waals surface area contributed by atoms with Crippen LogP contribution in [0.1, 0.15) is 109 Å². The fraction of sp³-hybridized carbons (Fsp3) is 0.538. The lowest BCUT2D eigenvalue weighted by Crippen LogP contribution is -2.56. The van der Waals surface area contributed by atoms with Gasteiger partial charge in [0.25, 0.3) is 0 Å². The van der Waals surface area contributed by atoms with E-state index in [1.54, 1.807) is 6.08 Å². The SMILES string of the molecule is C=CC[C@](/C=C/CCCCCCCC)(NC(=O)OCc1ccccc1)C(=O)O[C@@H]1C[C@H](C)CC[C@H]1C(C)(C)c1ccccc1. The van der Waals surface area contributed by atoms with Crippen molar-refractivity contribution in [1.29, 1.82) is 0 Å². The lowest BCUT2D eigenvalue weighted by atomic mass is 9.64. The molecule has 44 heavy (non-hydrogen) atoms. The van der Waals surface area contributed by atoms with Crippen LogP contribution < -0.4 is 5.32 Å². The molecule has 0 heterocycles. The third-order valence-electron chi connectivity index (χ3n) is 9.25. The number of carbonyl (C=O) groups is 2. The summed E-state index contributed by atoms with van der Waals surface area (Å²) in [5, 5.41) is 2.91. The summed E-state index contributed by atoms with van der Waals surface area (Å²) in [5.41, 5.74) is 0.517. The van der Waals surface area contributed by atoms with Crippen molar-refractivity contribution in [2.24, 2.45) is 11.8 Å². The van der Waals surface area contributed by atoms with E-state index in [1.165, 1.54) is 31.2 Å². The van der Waals surface area contributed by atoms with Crippen molar-refractivity contribution in [3.8, 4) is 0 Å². The molecular formula is C39H55NO4. The Morgan fingerprint density at radius 3 is 2.30 bits per heavy atom. The van der Waals surface area contributed by atoms with Gasteiger partial charge in [0.05, 0.1) is 0 Å². The first kappa shape index (κ1) is 35.1. The number of hydrogen-bond donors (Lipinski definition) is 1. The summed E-state index contributed by atoms with van der Waals surface area (Å²) in [6.07, 6.45) is 15.6. The van der Waals surface area contributed by atoms with E-state index in [1.807, 2.05) is 48.6 Å². The zero-order valence-electron chi connectivity index (χ0n) is 27.6. The molecule has 0 unspecified atom stereocenters. The largest absolute Gasteiger partial charge is 0.460 e. The van der Waals surface area contributed by atoms with Crippen LogP contribution in [0.4, 0.5) is 4.79 Å². The maximum absolute atomic E-state index is 14.3. The van der Waals surface area contributed by atoms with Gasteiger partial charge in [-0.15, -0.1) is 6.58 Å².